The lowest BCUT2D eigenvalue weighted by Gasteiger charge is -2.48. The minimum atomic E-state index is -0.761. The number of ketones is 2. The Bertz CT molecular complexity index is 1110. The summed E-state index contributed by atoms with van der Waals surface area (Å²) in [5.41, 5.74) is 7.34. The lowest BCUT2D eigenvalue weighted by Crippen LogP contribution is -2.52. The second-order valence-corrected chi connectivity index (χ2v) is 9.05. The minimum absolute atomic E-state index is 0.0132. The van der Waals surface area contributed by atoms with Gasteiger partial charge in [-0.25, -0.2) is 4.39 Å². The van der Waals surface area contributed by atoms with Gasteiger partial charge in [-0.05, 0) is 30.8 Å². The normalized spacial score (nSPS) is 30.2. The summed E-state index contributed by atoms with van der Waals surface area (Å²) in [6.45, 7) is 1.12. The Morgan fingerprint density at radius 2 is 2.10 bits per heavy atom. The predicted molar refractivity (Wildman–Crippen MR) is 103 cm³/mol. The van der Waals surface area contributed by atoms with Gasteiger partial charge in [-0.2, -0.15) is 8.76 Å². The smallest absolute Gasteiger partial charge is 0.265 e. The van der Waals surface area contributed by atoms with Crippen molar-refractivity contribution in [1.29, 1.82) is 0 Å². The van der Waals surface area contributed by atoms with Crippen molar-refractivity contribution in [2.45, 2.75) is 37.8 Å². The molecule has 0 radical (unpaired) electrons. The lowest BCUT2D eigenvalue weighted by atomic mass is 9.80. The van der Waals surface area contributed by atoms with Gasteiger partial charge in [-0.15, -0.1) is 0 Å². The molecule has 3 atom stereocenters. The highest BCUT2D eigenvalue weighted by Gasteiger charge is 2.52. The monoisotopic (exact) mass is 432 g/mol. The van der Waals surface area contributed by atoms with Gasteiger partial charge in [0.25, 0.3) is 5.78 Å². The summed E-state index contributed by atoms with van der Waals surface area (Å²) in [6.07, 6.45) is 3.28. The summed E-state index contributed by atoms with van der Waals surface area (Å²) in [5, 5.41) is 0.553. The molecule has 0 amide bonds. The van der Waals surface area contributed by atoms with Gasteiger partial charge in [0.1, 0.15) is 11.0 Å². The second-order valence-electron chi connectivity index (χ2n) is 8.29. The van der Waals surface area contributed by atoms with Crippen molar-refractivity contribution in [2.24, 2.45) is 11.7 Å². The van der Waals surface area contributed by atoms with E-state index in [-0.39, 0.29) is 36.3 Å². The van der Waals surface area contributed by atoms with Crippen molar-refractivity contribution in [3.05, 3.63) is 46.3 Å². The number of likely N-dealkylation sites (tertiary alicyclic amines) is 1. The summed E-state index contributed by atoms with van der Waals surface area (Å²) in [7, 11) is 0. The molecule has 0 bridgehead atoms. The number of hydrogen-bond donors (Lipinski definition) is 1. The van der Waals surface area contributed by atoms with Crippen molar-refractivity contribution in [1.82, 2.24) is 9.27 Å². The largest absolute Gasteiger partial charge is 0.450 e. The van der Waals surface area contributed by atoms with E-state index in [4.69, 9.17) is 10.5 Å². The van der Waals surface area contributed by atoms with Crippen LogP contribution in [-0.4, -0.2) is 46.0 Å². The number of fused-ring (bicyclic) bond motifs is 3. The first-order valence-corrected chi connectivity index (χ1v) is 10.8. The summed E-state index contributed by atoms with van der Waals surface area (Å²) in [6, 6.07) is -0.578. The van der Waals surface area contributed by atoms with Crippen LogP contribution in [0.15, 0.2) is 34.8 Å². The Balaban J connectivity index is 1.55. The third kappa shape index (κ3) is 2.34. The molecule has 3 aliphatic heterocycles. The van der Waals surface area contributed by atoms with Crippen LogP contribution < -0.4 is 10.6 Å². The number of nitrogens with two attached hydrogens (primary N) is 1. The molecule has 2 N–H and O–H groups in total. The topological polar surface area (TPSA) is 88.8 Å². The van der Waals surface area contributed by atoms with Gasteiger partial charge >= 0.3 is 0 Å². The predicted octanol–water partition coefficient (Wildman–Crippen LogP) is 1.91. The molecule has 1 saturated heterocycles. The number of allylic oxidation sites excluding steroid dienone is 3. The average molecular weight is 432 g/mol. The molecular formula is C20H18F2N4O3S. The van der Waals surface area contributed by atoms with Crippen molar-refractivity contribution in [2.75, 3.05) is 18.0 Å². The molecule has 30 heavy (non-hydrogen) atoms. The Morgan fingerprint density at radius 1 is 1.27 bits per heavy atom. The molecule has 4 heterocycles. The van der Waals surface area contributed by atoms with Crippen LogP contribution in [0.1, 0.15) is 24.8 Å². The number of aromatic nitrogens is 1. The van der Waals surface area contributed by atoms with Gasteiger partial charge < -0.3 is 20.3 Å². The van der Waals surface area contributed by atoms with Crippen LogP contribution in [0.3, 0.4) is 0 Å². The number of Topliss-reactive ketones (excluding diaryl/α,β-unsaturated/α-hetero) is 2. The van der Waals surface area contributed by atoms with Crippen LogP contribution in [0.25, 0.3) is 0 Å². The van der Waals surface area contributed by atoms with Crippen molar-refractivity contribution in [3.63, 3.8) is 0 Å². The molecule has 1 aromatic heterocycles. The number of carbonyl (C=O) groups is 2. The molecule has 0 spiro atoms. The van der Waals surface area contributed by atoms with E-state index < -0.39 is 29.4 Å². The minimum Gasteiger partial charge on any atom is -0.450 e. The molecule has 6 rings (SSSR count). The maximum absolute atomic E-state index is 15.7. The highest BCUT2D eigenvalue weighted by molar-refractivity contribution is 7.10. The molecule has 0 aromatic carbocycles. The Labute approximate surface area is 174 Å². The van der Waals surface area contributed by atoms with Gasteiger partial charge in [-0.1, -0.05) is 6.08 Å². The van der Waals surface area contributed by atoms with Gasteiger partial charge in [0.05, 0.1) is 11.4 Å². The Morgan fingerprint density at radius 3 is 2.87 bits per heavy atom. The summed E-state index contributed by atoms with van der Waals surface area (Å²) in [4.78, 5) is 28.2. The summed E-state index contributed by atoms with van der Waals surface area (Å²) < 4.78 is 39.9. The average Bonchev–Trinajstić information content (AvgIpc) is 3.33. The molecule has 1 fully saturated rings. The Hall–Kier alpha value is -2.59. The number of anilines is 1. The van der Waals surface area contributed by atoms with E-state index in [1.54, 1.807) is 4.90 Å². The number of ether oxygens (including phenoxy) is 1. The molecule has 2 aliphatic carbocycles. The van der Waals surface area contributed by atoms with E-state index in [1.165, 1.54) is 0 Å². The fourth-order valence-corrected chi connectivity index (χ4v) is 5.98. The first kappa shape index (κ1) is 18.2. The van der Waals surface area contributed by atoms with Crippen LogP contribution >= 0.6 is 11.5 Å². The first-order chi connectivity index (χ1) is 14.4. The molecule has 7 nitrogen and oxygen atoms in total. The zero-order chi connectivity index (χ0) is 20.7. The third-order valence-corrected chi connectivity index (χ3v) is 7.39. The molecule has 10 heteroatoms. The van der Waals surface area contributed by atoms with E-state index >= 15 is 4.39 Å². The lowest BCUT2D eigenvalue weighted by molar-refractivity contribution is -0.137. The zero-order valence-electron chi connectivity index (χ0n) is 15.9. The van der Waals surface area contributed by atoms with E-state index in [1.807, 2.05) is 11.0 Å². The molecule has 5 aliphatic rings. The maximum Gasteiger partial charge on any atom is 0.265 e. The van der Waals surface area contributed by atoms with E-state index in [0.717, 1.165) is 18.0 Å². The standard InChI is InChI=1S/C20H18F2N4O3S/c21-14-12(25-4-3-9(23)7-25)6-8-5-10-19(22)24-30-20(10)26-11-1-2-13(27)16(28)17(11)29-18(14)15(8)26/h6,8-9,15H,1-5,7,23H2. The van der Waals surface area contributed by atoms with Crippen molar-refractivity contribution in [3.8, 4) is 0 Å². The number of carbonyl (C=O) groups excluding carboxylic acids is 2. The highest BCUT2D eigenvalue weighted by atomic mass is 32.1. The fourth-order valence-electron chi connectivity index (χ4n) is 5.11. The second kappa shape index (κ2) is 6.21. The SMILES string of the molecule is NC1CCN(C2=CC3Cc4c(F)nsc4N4C5=C(OC(=C2F)C34)C(=O)C(=O)CC5)C1. The van der Waals surface area contributed by atoms with Crippen LogP contribution in [0.5, 0.6) is 0 Å². The number of nitrogens with zero attached hydrogens (tertiary/aromatic N) is 3. The highest BCUT2D eigenvalue weighted by Crippen LogP contribution is 2.52. The molecule has 1 aromatic rings. The first-order valence-electron chi connectivity index (χ1n) is 9.98. The Kier molecular flexibility index (Phi) is 3.77. The maximum atomic E-state index is 15.7. The molecule has 156 valence electrons. The fraction of sp³-hybridized carbons (Fsp3) is 0.450. The van der Waals surface area contributed by atoms with Crippen LogP contribution in [0, 0.1) is 11.9 Å². The van der Waals surface area contributed by atoms with Gasteiger partial charge in [-0.3, -0.25) is 9.59 Å². The molecule has 3 unspecified atom stereocenters. The van der Waals surface area contributed by atoms with Gasteiger partial charge in [0.15, 0.2) is 17.3 Å². The van der Waals surface area contributed by atoms with Gasteiger partial charge in [0.2, 0.25) is 11.7 Å². The zero-order valence-corrected chi connectivity index (χ0v) is 16.7. The molecule has 0 saturated carbocycles. The van der Waals surface area contributed by atoms with Crippen LogP contribution in [-0.2, 0) is 20.7 Å². The number of rotatable bonds is 1. The number of halogens is 2. The van der Waals surface area contributed by atoms with E-state index in [2.05, 4.69) is 4.37 Å². The van der Waals surface area contributed by atoms with E-state index in [0.29, 0.717) is 41.5 Å². The van der Waals surface area contributed by atoms with Crippen molar-refractivity contribution < 1.29 is 23.1 Å². The summed E-state index contributed by atoms with van der Waals surface area (Å²) >= 11 is 0.984. The quantitative estimate of drug-likeness (QED) is 0.679. The van der Waals surface area contributed by atoms with Crippen LogP contribution in [0.4, 0.5) is 13.8 Å². The van der Waals surface area contributed by atoms with E-state index in [9.17, 15) is 14.0 Å². The third-order valence-electron chi connectivity index (χ3n) is 6.52. The van der Waals surface area contributed by atoms with Gasteiger partial charge in [0, 0.05) is 37.0 Å². The number of hydrogen-bond acceptors (Lipinski definition) is 8. The van der Waals surface area contributed by atoms with Crippen LogP contribution in [0.2, 0.25) is 0 Å². The molecular weight excluding hydrogens is 414 g/mol. The van der Waals surface area contributed by atoms with Crippen molar-refractivity contribution >= 4 is 28.1 Å². The summed E-state index contributed by atoms with van der Waals surface area (Å²) in [5.74, 6) is -2.81.